The zero-order valence-corrected chi connectivity index (χ0v) is 10.7. The highest BCUT2D eigenvalue weighted by Crippen LogP contribution is 2.18. The molecule has 0 amide bonds. The monoisotopic (exact) mass is 236 g/mol. The number of aromatic nitrogens is 1. The smallest absolute Gasteiger partial charge is 0.0998 e. The average molecular weight is 236 g/mol. The number of rotatable bonds is 3. The molecular formula is C16H16N2. The van der Waals surface area contributed by atoms with Crippen LogP contribution in [0.25, 0.3) is 11.6 Å². The molecule has 1 heterocycles. The summed E-state index contributed by atoms with van der Waals surface area (Å²) in [5, 5.41) is 9.23. The van der Waals surface area contributed by atoms with Crippen molar-refractivity contribution in [2.45, 2.75) is 19.9 Å². The van der Waals surface area contributed by atoms with Crippen molar-refractivity contribution in [3.8, 4) is 6.07 Å². The van der Waals surface area contributed by atoms with E-state index in [1.165, 1.54) is 0 Å². The molecule has 0 aliphatic carbocycles. The highest BCUT2D eigenvalue weighted by molar-refractivity contribution is 5.89. The molecule has 18 heavy (non-hydrogen) atoms. The average Bonchev–Trinajstić information content (AvgIpc) is 2.86. The van der Waals surface area contributed by atoms with Gasteiger partial charge >= 0.3 is 0 Å². The first-order chi connectivity index (χ1) is 8.70. The molecule has 0 aliphatic heterocycles. The van der Waals surface area contributed by atoms with E-state index in [-0.39, 0.29) is 0 Å². The van der Waals surface area contributed by atoms with Crippen molar-refractivity contribution in [1.82, 2.24) is 4.57 Å². The summed E-state index contributed by atoms with van der Waals surface area (Å²) in [5.74, 6) is 0. The summed E-state index contributed by atoms with van der Waals surface area (Å²) in [6, 6.07) is 14.5. The van der Waals surface area contributed by atoms with E-state index in [0.29, 0.717) is 11.6 Å². The van der Waals surface area contributed by atoms with Gasteiger partial charge in [0.2, 0.25) is 0 Å². The molecule has 0 unspecified atom stereocenters. The Morgan fingerprint density at radius 3 is 2.50 bits per heavy atom. The first kappa shape index (κ1) is 12.2. The minimum Gasteiger partial charge on any atom is -0.351 e. The number of hydrogen-bond acceptors (Lipinski definition) is 1. The Balaban J connectivity index is 2.33. The number of nitrogens with zero attached hydrogens (tertiary/aromatic N) is 2. The van der Waals surface area contributed by atoms with Crippen LogP contribution in [0.2, 0.25) is 0 Å². The van der Waals surface area contributed by atoms with E-state index in [1.54, 1.807) is 0 Å². The predicted octanol–water partition coefficient (Wildman–Crippen LogP) is 4.13. The van der Waals surface area contributed by atoms with Crippen molar-refractivity contribution in [2.75, 3.05) is 0 Å². The quantitative estimate of drug-likeness (QED) is 0.736. The van der Waals surface area contributed by atoms with E-state index >= 15 is 0 Å². The Kier molecular flexibility index (Phi) is 3.64. The molecule has 0 fully saturated rings. The molecule has 0 bridgehead atoms. The van der Waals surface area contributed by atoms with Crippen molar-refractivity contribution in [1.29, 1.82) is 5.26 Å². The minimum absolute atomic E-state index is 0.439. The minimum atomic E-state index is 0.439. The van der Waals surface area contributed by atoms with Gasteiger partial charge in [-0.1, -0.05) is 30.3 Å². The lowest BCUT2D eigenvalue weighted by atomic mass is 10.1. The van der Waals surface area contributed by atoms with Crippen molar-refractivity contribution in [2.24, 2.45) is 0 Å². The van der Waals surface area contributed by atoms with Crippen molar-refractivity contribution >= 4 is 11.6 Å². The second-order valence-corrected chi connectivity index (χ2v) is 4.52. The molecule has 0 atom stereocenters. The molecule has 0 saturated carbocycles. The molecule has 0 spiro atoms. The van der Waals surface area contributed by atoms with Gasteiger partial charge in [0.05, 0.1) is 11.6 Å². The molecule has 1 aromatic heterocycles. The van der Waals surface area contributed by atoms with Crippen molar-refractivity contribution in [3.63, 3.8) is 0 Å². The first-order valence-electron chi connectivity index (χ1n) is 6.05. The van der Waals surface area contributed by atoms with E-state index in [9.17, 15) is 5.26 Å². The summed E-state index contributed by atoms with van der Waals surface area (Å²) in [6.45, 7) is 4.27. The van der Waals surface area contributed by atoms with Gasteiger partial charge in [0.25, 0.3) is 0 Å². The number of benzene rings is 1. The van der Waals surface area contributed by atoms with Crippen molar-refractivity contribution in [3.05, 3.63) is 59.9 Å². The fourth-order valence-corrected chi connectivity index (χ4v) is 1.80. The Morgan fingerprint density at radius 2 is 1.94 bits per heavy atom. The lowest BCUT2D eigenvalue weighted by molar-refractivity contribution is 0.603. The largest absolute Gasteiger partial charge is 0.351 e. The van der Waals surface area contributed by atoms with Crippen LogP contribution < -0.4 is 0 Å². The van der Waals surface area contributed by atoms with Gasteiger partial charge in [0.1, 0.15) is 0 Å². The molecule has 90 valence electrons. The molecule has 0 aliphatic rings. The molecule has 2 aromatic rings. The van der Waals surface area contributed by atoms with Gasteiger partial charge in [-0.05, 0) is 37.1 Å². The van der Waals surface area contributed by atoms with E-state index in [1.807, 2.05) is 48.7 Å². The second kappa shape index (κ2) is 5.37. The summed E-state index contributed by atoms with van der Waals surface area (Å²) in [7, 11) is 0. The molecule has 2 rings (SSSR count). The van der Waals surface area contributed by atoms with E-state index in [0.717, 1.165) is 11.1 Å². The Morgan fingerprint density at radius 1 is 1.22 bits per heavy atom. The van der Waals surface area contributed by atoms with Gasteiger partial charge < -0.3 is 4.57 Å². The van der Waals surface area contributed by atoms with Crippen LogP contribution >= 0.6 is 0 Å². The summed E-state index contributed by atoms with van der Waals surface area (Å²) in [4.78, 5) is 0. The summed E-state index contributed by atoms with van der Waals surface area (Å²) in [6.07, 6.45) is 6.02. The maximum Gasteiger partial charge on any atom is 0.0998 e. The number of allylic oxidation sites excluding steroid dienone is 1. The molecule has 1 aromatic carbocycles. The van der Waals surface area contributed by atoms with Crippen LogP contribution in [0.1, 0.15) is 31.0 Å². The molecule has 0 saturated heterocycles. The fourth-order valence-electron chi connectivity index (χ4n) is 1.80. The Hall–Kier alpha value is -2.27. The Bertz CT molecular complexity index is 583. The van der Waals surface area contributed by atoms with Gasteiger partial charge in [-0.3, -0.25) is 0 Å². The van der Waals surface area contributed by atoms with E-state index < -0.39 is 0 Å². The third-order valence-corrected chi connectivity index (χ3v) is 2.85. The molecular weight excluding hydrogens is 220 g/mol. The third-order valence-electron chi connectivity index (χ3n) is 2.85. The lowest BCUT2D eigenvalue weighted by Gasteiger charge is -2.04. The van der Waals surface area contributed by atoms with Gasteiger partial charge in [-0.25, -0.2) is 0 Å². The molecule has 0 N–H and O–H groups in total. The standard InChI is InChI=1S/C16H16N2/c1-13(2)18-9-8-14(12-18)10-16(11-17)15-6-4-3-5-7-15/h3-10,12-13H,1-2H3/b16-10-. The lowest BCUT2D eigenvalue weighted by Crippen LogP contribution is -1.95. The van der Waals surface area contributed by atoms with E-state index in [2.05, 4.69) is 30.7 Å². The highest BCUT2D eigenvalue weighted by atomic mass is 15.0. The molecule has 2 nitrogen and oxygen atoms in total. The van der Waals surface area contributed by atoms with Crippen LogP contribution in [0.4, 0.5) is 0 Å². The van der Waals surface area contributed by atoms with Crippen LogP contribution in [0.3, 0.4) is 0 Å². The topological polar surface area (TPSA) is 28.7 Å². The zero-order chi connectivity index (χ0) is 13.0. The maximum absolute atomic E-state index is 9.23. The zero-order valence-electron chi connectivity index (χ0n) is 10.7. The van der Waals surface area contributed by atoms with Crippen LogP contribution in [0, 0.1) is 11.3 Å². The summed E-state index contributed by atoms with van der Waals surface area (Å²) in [5.41, 5.74) is 2.71. The van der Waals surface area contributed by atoms with Crippen LogP contribution in [-0.2, 0) is 0 Å². The fraction of sp³-hybridized carbons (Fsp3) is 0.188. The molecule has 0 radical (unpaired) electrons. The van der Waals surface area contributed by atoms with Crippen LogP contribution in [0.15, 0.2) is 48.8 Å². The van der Waals surface area contributed by atoms with Crippen molar-refractivity contribution < 1.29 is 0 Å². The number of hydrogen-bond donors (Lipinski definition) is 0. The summed E-state index contributed by atoms with van der Waals surface area (Å²) >= 11 is 0. The van der Waals surface area contributed by atoms with Gasteiger partial charge in [-0.15, -0.1) is 0 Å². The van der Waals surface area contributed by atoms with Crippen LogP contribution in [-0.4, -0.2) is 4.57 Å². The van der Waals surface area contributed by atoms with Gasteiger partial charge in [0, 0.05) is 18.4 Å². The third kappa shape index (κ3) is 2.70. The maximum atomic E-state index is 9.23. The highest BCUT2D eigenvalue weighted by Gasteiger charge is 2.02. The SMILES string of the molecule is CC(C)n1ccc(/C=C(/C#N)c2ccccc2)c1. The molecule has 2 heteroatoms. The predicted molar refractivity (Wildman–Crippen MR) is 74.7 cm³/mol. The second-order valence-electron chi connectivity index (χ2n) is 4.52. The first-order valence-corrected chi connectivity index (χ1v) is 6.05. The Labute approximate surface area is 108 Å². The van der Waals surface area contributed by atoms with Gasteiger partial charge in [-0.2, -0.15) is 5.26 Å². The van der Waals surface area contributed by atoms with Gasteiger partial charge in [0.15, 0.2) is 0 Å². The summed E-state index contributed by atoms with van der Waals surface area (Å²) < 4.78 is 2.13. The van der Waals surface area contributed by atoms with Crippen LogP contribution in [0.5, 0.6) is 0 Å². The normalized spacial score (nSPS) is 11.6. The van der Waals surface area contributed by atoms with E-state index in [4.69, 9.17) is 0 Å². The number of nitriles is 1.